The molecule has 3 heterocycles. The Hall–Kier alpha value is -2.71. The summed E-state index contributed by atoms with van der Waals surface area (Å²) in [6.07, 6.45) is 3.18. The van der Waals surface area contributed by atoms with Crippen LogP contribution in [0.1, 0.15) is 23.2 Å². The number of ether oxygens (including phenoxy) is 3. The number of hydrogen-bond acceptors (Lipinski definition) is 8. The number of nitrogens with one attached hydrogen (secondary N) is 1. The smallest absolute Gasteiger partial charge is 0.337 e. The van der Waals surface area contributed by atoms with E-state index in [0.29, 0.717) is 24.6 Å². The minimum atomic E-state index is -0.404. The summed E-state index contributed by atoms with van der Waals surface area (Å²) in [5.74, 6) is 0.736. The molecule has 0 saturated carbocycles. The van der Waals surface area contributed by atoms with Gasteiger partial charge in [0.25, 0.3) is 0 Å². The number of benzene rings is 1. The zero-order chi connectivity index (χ0) is 18.7. The monoisotopic (exact) mass is 370 g/mol. The summed E-state index contributed by atoms with van der Waals surface area (Å²) in [6.45, 7) is 2.97. The van der Waals surface area contributed by atoms with Crippen molar-refractivity contribution in [2.45, 2.75) is 18.6 Å². The first-order chi connectivity index (χ1) is 13.2. The lowest BCUT2D eigenvalue weighted by Gasteiger charge is -2.38. The molecule has 2 aliphatic rings. The standard InChI is InChI=1S/C19H22N4O4/c1-25-18(24)14-3-2-4-15(11-14)22-16-12-17(21-13-20-16)23-7-5-19(6-8-23)26-9-10-27-19/h2-4,11-13H,5-10H2,1H3,(H,20,21,22). The number of esters is 1. The maximum absolute atomic E-state index is 11.7. The van der Waals surface area contributed by atoms with Gasteiger partial charge in [0.15, 0.2) is 5.79 Å². The van der Waals surface area contributed by atoms with Gasteiger partial charge in [-0.1, -0.05) is 6.07 Å². The summed E-state index contributed by atoms with van der Waals surface area (Å²) >= 11 is 0. The molecule has 1 N–H and O–H groups in total. The number of nitrogens with zero attached hydrogens (tertiary/aromatic N) is 3. The average Bonchev–Trinajstić information content (AvgIpc) is 3.16. The Kier molecular flexibility index (Phi) is 4.91. The van der Waals surface area contributed by atoms with Gasteiger partial charge in [0.2, 0.25) is 0 Å². The Morgan fingerprint density at radius 1 is 1.19 bits per heavy atom. The fourth-order valence-corrected chi connectivity index (χ4v) is 3.44. The molecule has 142 valence electrons. The fraction of sp³-hybridized carbons (Fsp3) is 0.421. The van der Waals surface area contributed by atoms with Crippen LogP contribution < -0.4 is 10.2 Å². The van der Waals surface area contributed by atoms with Gasteiger partial charge in [-0.25, -0.2) is 14.8 Å². The fourth-order valence-electron chi connectivity index (χ4n) is 3.44. The van der Waals surface area contributed by atoms with Crippen molar-refractivity contribution in [1.29, 1.82) is 0 Å². The Labute approximate surface area is 157 Å². The average molecular weight is 370 g/mol. The van der Waals surface area contributed by atoms with Gasteiger partial charge in [0, 0.05) is 37.7 Å². The quantitative estimate of drug-likeness (QED) is 0.821. The van der Waals surface area contributed by atoms with E-state index in [1.165, 1.54) is 13.4 Å². The molecule has 2 saturated heterocycles. The zero-order valence-corrected chi connectivity index (χ0v) is 15.2. The molecule has 0 atom stereocenters. The van der Waals surface area contributed by atoms with Crippen molar-refractivity contribution in [3.63, 3.8) is 0 Å². The first kappa shape index (κ1) is 17.7. The number of methoxy groups -OCH3 is 1. The molecule has 0 radical (unpaired) electrons. The van der Waals surface area contributed by atoms with Crippen LogP contribution in [0.5, 0.6) is 0 Å². The lowest BCUT2D eigenvalue weighted by atomic mass is 10.0. The highest BCUT2D eigenvalue weighted by atomic mass is 16.7. The summed E-state index contributed by atoms with van der Waals surface area (Å²) in [7, 11) is 1.36. The molecular formula is C19H22N4O4. The van der Waals surface area contributed by atoms with E-state index in [-0.39, 0.29) is 5.97 Å². The van der Waals surface area contributed by atoms with E-state index in [9.17, 15) is 4.79 Å². The number of rotatable bonds is 4. The Morgan fingerprint density at radius 2 is 1.96 bits per heavy atom. The molecule has 2 fully saturated rings. The number of anilines is 3. The number of piperidine rings is 1. The molecule has 2 aliphatic heterocycles. The summed E-state index contributed by atoms with van der Waals surface area (Å²) in [4.78, 5) is 22.6. The summed E-state index contributed by atoms with van der Waals surface area (Å²) in [5.41, 5.74) is 1.24. The van der Waals surface area contributed by atoms with Crippen LogP contribution in [-0.4, -0.2) is 55.1 Å². The van der Waals surface area contributed by atoms with Crippen LogP contribution in [-0.2, 0) is 14.2 Å². The molecule has 1 aromatic carbocycles. The third kappa shape index (κ3) is 3.86. The topological polar surface area (TPSA) is 85.8 Å². The third-order valence-electron chi connectivity index (χ3n) is 4.87. The normalized spacial score (nSPS) is 18.5. The van der Waals surface area contributed by atoms with Crippen LogP contribution >= 0.6 is 0 Å². The summed E-state index contributed by atoms with van der Waals surface area (Å²) in [6, 6.07) is 9.00. The molecule has 4 rings (SSSR count). The number of aromatic nitrogens is 2. The Bertz CT molecular complexity index is 813. The van der Waals surface area contributed by atoms with Gasteiger partial charge in [0.1, 0.15) is 18.0 Å². The second-order valence-electron chi connectivity index (χ2n) is 6.55. The predicted octanol–water partition coefficient (Wildman–Crippen LogP) is 2.35. The van der Waals surface area contributed by atoms with E-state index in [0.717, 1.165) is 37.4 Å². The SMILES string of the molecule is COC(=O)c1cccc(Nc2cc(N3CCC4(CC3)OCCO4)ncn2)c1. The highest BCUT2D eigenvalue weighted by Crippen LogP contribution is 2.33. The molecule has 0 unspecified atom stereocenters. The number of carbonyl (C=O) groups excluding carboxylic acids is 1. The van der Waals surface area contributed by atoms with Crippen LogP contribution in [0.4, 0.5) is 17.3 Å². The highest BCUT2D eigenvalue weighted by molar-refractivity contribution is 5.90. The van der Waals surface area contributed by atoms with Gasteiger partial charge in [-0.3, -0.25) is 0 Å². The molecular weight excluding hydrogens is 348 g/mol. The largest absolute Gasteiger partial charge is 0.465 e. The van der Waals surface area contributed by atoms with E-state index in [4.69, 9.17) is 14.2 Å². The Balaban J connectivity index is 1.45. The lowest BCUT2D eigenvalue weighted by Crippen LogP contribution is -2.45. The van der Waals surface area contributed by atoms with Crippen LogP contribution in [0.15, 0.2) is 36.7 Å². The second kappa shape index (κ2) is 7.50. The van der Waals surface area contributed by atoms with Gasteiger partial charge in [-0.15, -0.1) is 0 Å². The lowest BCUT2D eigenvalue weighted by molar-refractivity contribution is -0.169. The maximum atomic E-state index is 11.7. The molecule has 1 aromatic heterocycles. The van der Waals surface area contributed by atoms with Gasteiger partial charge >= 0.3 is 5.97 Å². The number of hydrogen-bond donors (Lipinski definition) is 1. The van der Waals surface area contributed by atoms with Crippen molar-refractivity contribution in [2.75, 3.05) is 43.6 Å². The minimum absolute atomic E-state index is 0.374. The van der Waals surface area contributed by atoms with Crippen molar-refractivity contribution in [3.8, 4) is 0 Å². The molecule has 0 bridgehead atoms. The van der Waals surface area contributed by atoms with Crippen molar-refractivity contribution < 1.29 is 19.0 Å². The van der Waals surface area contributed by atoms with Crippen molar-refractivity contribution >= 4 is 23.3 Å². The van der Waals surface area contributed by atoms with Gasteiger partial charge in [0.05, 0.1) is 25.9 Å². The predicted molar refractivity (Wildman–Crippen MR) is 99.2 cm³/mol. The summed E-state index contributed by atoms with van der Waals surface area (Å²) < 4.78 is 16.3. The molecule has 8 nitrogen and oxygen atoms in total. The van der Waals surface area contributed by atoms with E-state index in [1.54, 1.807) is 18.2 Å². The molecule has 2 aromatic rings. The van der Waals surface area contributed by atoms with Gasteiger partial charge in [-0.05, 0) is 18.2 Å². The van der Waals surface area contributed by atoms with E-state index < -0.39 is 5.79 Å². The minimum Gasteiger partial charge on any atom is -0.465 e. The van der Waals surface area contributed by atoms with Gasteiger partial charge in [-0.2, -0.15) is 0 Å². The zero-order valence-electron chi connectivity index (χ0n) is 15.2. The maximum Gasteiger partial charge on any atom is 0.337 e. The van der Waals surface area contributed by atoms with Crippen molar-refractivity contribution in [3.05, 3.63) is 42.2 Å². The van der Waals surface area contributed by atoms with Crippen molar-refractivity contribution in [1.82, 2.24) is 9.97 Å². The van der Waals surface area contributed by atoms with E-state index >= 15 is 0 Å². The van der Waals surface area contributed by atoms with Crippen LogP contribution in [0.3, 0.4) is 0 Å². The van der Waals surface area contributed by atoms with Crippen molar-refractivity contribution in [2.24, 2.45) is 0 Å². The molecule has 0 amide bonds. The summed E-state index contributed by atoms with van der Waals surface area (Å²) in [5, 5.41) is 3.22. The molecule has 27 heavy (non-hydrogen) atoms. The Morgan fingerprint density at radius 3 is 2.70 bits per heavy atom. The molecule has 0 aliphatic carbocycles. The number of carbonyl (C=O) groups is 1. The first-order valence-corrected chi connectivity index (χ1v) is 8.98. The van der Waals surface area contributed by atoms with Gasteiger partial charge < -0.3 is 24.4 Å². The van der Waals surface area contributed by atoms with Crippen LogP contribution in [0.2, 0.25) is 0 Å². The van der Waals surface area contributed by atoms with E-state index in [1.807, 2.05) is 12.1 Å². The highest BCUT2D eigenvalue weighted by Gasteiger charge is 2.40. The molecule has 8 heteroatoms. The molecule has 1 spiro atoms. The third-order valence-corrected chi connectivity index (χ3v) is 4.87. The van der Waals surface area contributed by atoms with Crippen LogP contribution in [0.25, 0.3) is 0 Å². The second-order valence-corrected chi connectivity index (χ2v) is 6.55. The first-order valence-electron chi connectivity index (χ1n) is 8.98. The van der Waals surface area contributed by atoms with E-state index in [2.05, 4.69) is 20.2 Å². The van der Waals surface area contributed by atoms with Crippen LogP contribution in [0, 0.1) is 0 Å².